The molecule has 0 aliphatic carbocycles. The van der Waals surface area contributed by atoms with E-state index in [4.69, 9.17) is 11.6 Å². The van der Waals surface area contributed by atoms with Crippen LogP contribution in [0.5, 0.6) is 0 Å². The molecule has 0 spiro atoms. The summed E-state index contributed by atoms with van der Waals surface area (Å²) < 4.78 is 30.5. The highest BCUT2D eigenvalue weighted by Gasteiger charge is 2.32. The van der Waals surface area contributed by atoms with E-state index >= 15 is 0 Å². The highest BCUT2D eigenvalue weighted by Crippen LogP contribution is 2.28. The third-order valence-corrected chi connectivity index (χ3v) is 8.56. The molecule has 2 aromatic carbocycles. The number of nitrogens with zero attached hydrogens (tertiary/aromatic N) is 4. The van der Waals surface area contributed by atoms with Crippen molar-refractivity contribution in [1.29, 1.82) is 0 Å². The minimum atomic E-state index is -3.73. The summed E-state index contributed by atoms with van der Waals surface area (Å²) in [6, 6.07) is 17.5. The van der Waals surface area contributed by atoms with Crippen LogP contribution in [0.1, 0.15) is 10.4 Å². The fraction of sp³-hybridized carbons (Fsp3) is 0.200. The average molecular weight is 511 g/mol. The molecule has 0 radical (unpaired) electrons. The fourth-order valence-corrected chi connectivity index (χ4v) is 6.21. The van der Waals surface area contributed by atoms with Gasteiger partial charge in [-0.25, -0.2) is 8.42 Å². The quantitative estimate of drug-likeness (QED) is 0.311. The number of hydrogen-bond acceptors (Lipinski definition) is 4. The van der Waals surface area contributed by atoms with Crippen molar-refractivity contribution in [2.45, 2.75) is 5.03 Å². The molecule has 35 heavy (non-hydrogen) atoms. The standard InChI is InChI=1S/C25H23ClN4O4S/c1-27-23-7-6-22(26)16-21(23)17-24(27)35(33,34)30-14-12-28(13-15-30)25(31)20-4-2-18(3-5-20)19-8-10-29(32)11-9-19/h2-11,16-17H,12-15H2,1H3. The smallest absolute Gasteiger partial charge is 0.258 e. The number of sulfonamides is 1. The first-order chi connectivity index (χ1) is 16.7. The van der Waals surface area contributed by atoms with Crippen molar-refractivity contribution >= 4 is 38.4 Å². The highest BCUT2D eigenvalue weighted by molar-refractivity contribution is 7.89. The van der Waals surface area contributed by atoms with Crippen LogP contribution in [0, 0.1) is 5.21 Å². The van der Waals surface area contributed by atoms with Gasteiger partial charge in [-0.05, 0) is 47.5 Å². The first kappa shape index (κ1) is 23.3. The molecule has 4 aromatic rings. The Balaban J connectivity index is 1.28. The van der Waals surface area contributed by atoms with Gasteiger partial charge >= 0.3 is 0 Å². The van der Waals surface area contributed by atoms with E-state index in [-0.39, 0.29) is 24.0 Å². The minimum absolute atomic E-state index is 0.140. The van der Waals surface area contributed by atoms with Crippen molar-refractivity contribution in [2.75, 3.05) is 26.2 Å². The zero-order valence-corrected chi connectivity index (χ0v) is 20.5. The summed E-state index contributed by atoms with van der Waals surface area (Å²) in [6.07, 6.45) is 2.85. The van der Waals surface area contributed by atoms with E-state index in [2.05, 4.69) is 0 Å². The maximum Gasteiger partial charge on any atom is 0.258 e. The van der Waals surface area contributed by atoms with Crippen LogP contribution in [0.25, 0.3) is 22.0 Å². The average Bonchev–Trinajstić information content (AvgIpc) is 3.20. The second-order valence-electron chi connectivity index (χ2n) is 8.47. The number of aromatic nitrogens is 2. The first-order valence-electron chi connectivity index (χ1n) is 11.1. The number of piperazine rings is 1. The third-order valence-electron chi connectivity index (χ3n) is 6.36. The summed E-state index contributed by atoms with van der Waals surface area (Å²) in [5.74, 6) is -0.140. The normalized spacial score (nSPS) is 15.0. The fourth-order valence-electron chi connectivity index (χ4n) is 4.40. The molecule has 3 heterocycles. The molecule has 2 aromatic heterocycles. The molecule has 5 rings (SSSR count). The van der Waals surface area contributed by atoms with E-state index in [1.54, 1.807) is 65.0 Å². The highest BCUT2D eigenvalue weighted by atomic mass is 35.5. The lowest BCUT2D eigenvalue weighted by molar-refractivity contribution is -0.605. The second-order valence-corrected chi connectivity index (χ2v) is 10.8. The summed E-state index contributed by atoms with van der Waals surface area (Å²) in [5.41, 5.74) is 3.10. The lowest BCUT2D eigenvalue weighted by atomic mass is 10.0. The molecule has 1 fully saturated rings. The second kappa shape index (κ2) is 8.99. The largest absolute Gasteiger partial charge is 0.619 e. The number of carbonyl (C=O) groups is 1. The Bertz CT molecular complexity index is 1510. The summed E-state index contributed by atoms with van der Waals surface area (Å²) in [6.45, 7) is 1.04. The topological polar surface area (TPSA) is 89.6 Å². The molecule has 0 atom stereocenters. The van der Waals surface area contributed by atoms with Gasteiger partial charge in [-0.1, -0.05) is 23.7 Å². The van der Waals surface area contributed by atoms with Gasteiger partial charge in [-0.2, -0.15) is 9.04 Å². The third kappa shape index (κ3) is 4.38. The Morgan fingerprint density at radius 3 is 2.20 bits per heavy atom. The van der Waals surface area contributed by atoms with E-state index in [1.165, 1.54) is 16.7 Å². The van der Waals surface area contributed by atoms with Crippen LogP contribution in [0.2, 0.25) is 5.02 Å². The molecule has 1 aliphatic heterocycles. The van der Waals surface area contributed by atoms with Crippen LogP contribution in [-0.2, 0) is 17.1 Å². The maximum atomic E-state index is 13.4. The van der Waals surface area contributed by atoms with Crippen molar-refractivity contribution in [3.8, 4) is 11.1 Å². The number of pyridine rings is 1. The van der Waals surface area contributed by atoms with Gasteiger partial charge in [0.05, 0.1) is 0 Å². The molecule has 8 nitrogen and oxygen atoms in total. The Labute approximate surface area is 208 Å². The van der Waals surface area contributed by atoms with Crippen LogP contribution in [0.4, 0.5) is 0 Å². The number of rotatable bonds is 4. The number of hydrogen-bond donors (Lipinski definition) is 0. The van der Waals surface area contributed by atoms with Gasteiger partial charge in [-0.3, -0.25) is 4.79 Å². The predicted octanol–water partition coefficient (Wildman–Crippen LogP) is 3.28. The minimum Gasteiger partial charge on any atom is -0.619 e. The number of benzene rings is 2. The van der Waals surface area contributed by atoms with Gasteiger partial charge in [0.1, 0.15) is 0 Å². The lowest BCUT2D eigenvalue weighted by Crippen LogP contribution is -2.50. The zero-order chi connectivity index (χ0) is 24.7. The van der Waals surface area contributed by atoms with Crippen LogP contribution in [0.3, 0.4) is 0 Å². The van der Waals surface area contributed by atoms with Gasteiger partial charge in [0, 0.05) is 66.8 Å². The Kier molecular flexibility index (Phi) is 6.00. The number of aryl methyl sites for hydroxylation is 1. The molecule has 0 saturated carbocycles. The Hall–Kier alpha value is -3.40. The number of carbonyl (C=O) groups excluding carboxylic acids is 1. The lowest BCUT2D eigenvalue weighted by Gasteiger charge is -2.34. The van der Waals surface area contributed by atoms with Crippen molar-refractivity contribution in [3.05, 3.63) is 88.9 Å². The van der Waals surface area contributed by atoms with E-state index in [0.29, 0.717) is 23.7 Å². The van der Waals surface area contributed by atoms with Crippen molar-refractivity contribution in [2.24, 2.45) is 7.05 Å². The molecule has 10 heteroatoms. The monoisotopic (exact) mass is 510 g/mol. The molecule has 1 amide bonds. The number of fused-ring (bicyclic) bond motifs is 1. The van der Waals surface area contributed by atoms with Crippen LogP contribution in [-0.4, -0.2) is 54.3 Å². The van der Waals surface area contributed by atoms with E-state index < -0.39 is 10.0 Å². The van der Waals surface area contributed by atoms with Gasteiger partial charge in [0.25, 0.3) is 15.9 Å². The van der Waals surface area contributed by atoms with Crippen LogP contribution in [0.15, 0.2) is 78.1 Å². The molecule has 180 valence electrons. The van der Waals surface area contributed by atoms with E-state index in [0.717, 1.165) is 26.8 Å². The van der Waals surface area contributed by atoms with Crippen molar-refractivity contribution in [3.63, 3.8) is 0 Å². The molecule has 0 N–H and O–H groups in total. The Morgan fingerprint density at radius 2 is 1.54 bits per heavy atom. The van der Waals surface area contributed by atoms with Crippen molar-refractivity contribution < 1.29 is 17.9 Å². The molecular formula is C25H23ClN4O4S. The molecule has 1 saturated heterocycles. The zero-order valence-electron chi connectivity index (χ0n) is 19.0. The molecule has 1 aliphatic rings. The van der Waals surface area contributed by atoms with Gasteiger partial charge in [0.2, 0.25) is 0 Å². The molecule has 0 bridgehead atoms. The summed E-state index contributed by atoms with van der Waals surface area (Å²) in [7, 11) is -2.01. The van der Waals surface area contributed by atoms with Crippen LogP contribution >= 0.6 is 11.6 Å². The van der Waals surface area contributed by atoms with Crippen LogP contribution < -0.4 is 4.73 Å². The summed E-state index contributed by atoms with van der Waals surface area (Å²) in [5, 5.41) is 12.7. The Morgan fingerprint density at radius 1 is 0.914 bits per heavy atom. The molecule has 0 unspecified atom stereocenters. The van der Waals surface area contributed by atoms with Crippen molar-refractivity contribution in [1.82, 2.24) is 13.8 Å². The number of amides is 1. The summed E-state index contributed by atoms with van der Waals surface area (Å²) >= 11 is 6.07. The van der Waals surface area contributed by atoms with Gasteiger partial charge in [0.15, 0.2) is 17.4 Å². The van der Waals surface area contributed by atoms with Gasteiger partial charge < -0.3 is 14.7 Å². The van der Waals surface area contributed by atoms with E-state index in [9.17, 15) is 18.4 Å². The van der Waals surface area contributed by atoms with E-state index in [1.807, 2.05) is 12.1 Å². The maximum absolute atomic E-state index is 13.4. The summed E-state index contributed by atoms with van der Waals surface area (Å²) in [4.78, 5) is 14.7. The first-order valence-corrected chi connectivity index (χ1v) is 12.9. The SMILES string of the molecule is Cn1c(S(=O)(=O)N2CCN(C(=O)c3ccc(-c4cc[n+]([O-])cc4)cc3)CC2)cc2cc(Cl)ccc21. The predicted molar refractivity (Wildman–Crippen MR) is 133 cm³/mol. The van der Waals surface area contributed by atoms with Gasteiger partial charge in [-0.15, -0.1) is 0 Å². The molecular weight excluding hydrogens is 488 g/mol. The number of halogens is 1.